The molecule has 5 N–H and O–H groups in total. The quantitative estimate of drug-likeness (QED) is 0.193. The number of halogens is 2. The summed E-state index contributed by atoms with van der Waals surface area (Å²) in [5.74, 6) is -0.767. The number of nitrogens with zero attached hydrogens (tertiary/aromatic N) is 5. The lowest BCUT2D eigenvalue weighted by Gasteiger charge is -2.25. The molecule has 3 aromatic rings. The fraction of sp³-hybridized carbons (Fsp3) is 0.522. The number of anilines is 2. The molecule has 2 aromatic heterocycles. The minimum Gasteiger partial charge on any atom is -0.387 e. The molecule has 3 aliphatic rings. The largest absolute Gasteiger partial charge is 0.387 e. The van der Waals surface area contributed by atoms with Crippen molar-refractivity contribution in [2.24, 2.45) is 0 Å². The lowest BCUT2D eigenvalue weighted by atomic mass is 9.81. The van der Waals surface area contributed by atoms with Crippen LogP contribution in [0.3, 0.4) is 0 Å². The van der Waals surface area contributed by atoms with Crippen LogP contribution in [0.5, 0.6) is 0 Å². The second-order valence-corrected chi connectivity index (χ2v) is 14.1. The molecule has 1 aliphatic carbocycles. The summed E-state index contributed by atoms with van der Waals surface area (Å²) in [6.07, 6.45) is -0.168. The van der Waals surface area contributed by atoms with Crippen LogP contribution in [0, 0.1) is 5.82 Å². The molecule has 13 nitrogen and oxygen atoms in total. The van der Waals surface area contributed by atoms with Gasteiger partial charge in [0.25, 0.3) is 0 Å². The Hall–Kier alpha value is -1.83. The Morgan fingerprint density at radius 2 is 1.98 bits per heavy atom. The summed E-state index contributed by atoms with van der Waals surface area (Å²) in [5, 5.41) is 21.2. The molecule has 5 atom stereocenters. The number of hydrogen-bond donors (Lipinski definition) is 5. The van der Waals surface area contributed by atoms with Crippen molar-refractivity contribution in [1.82, 2.24) is 19.5 Å². The first-order valence-corrected chi connectivity index (χ1v) is 16.2. The van der Waals surface area contributed by atoms with E-state index in [1.165, 1.54) is 17.0 Å². The number of benzene rings is 1. The van der Waals surface area contributed by atoms with Crippen molar-refractivity contribution in [3.63, 3.8) is 0 Å². The van der Waals surface area contributed by atoms with Crippen molar-refractivity contribution in [3.05, 3.63) is 41.2 Å². The molecule has 0 bridgehead atoms. The first kappa shape index (κ1) is 28.3. The van der Waals surface area contributed by atoms with Gasteiger partial charge in [-0.3, -0.25) is 9.13 Å². The zero-order valence-electron chi connectivity index (χ0n) is 20.9. The molecule has 2 aliphatic heterocycles. The summed E-state index contributed by atoms with van der Waals surface area (Å²) in [6, 6.07) is 4.70. The predicted molar refractivity (Wildman–Crippen MR) is 142 cm³/mol. The maximum absolute atomic E-state index is 14.3. The number of aliphatic hydroxyl groups excluding tert-OH is 2. The second-order valence-electron chi connectivity index (χ2n) is 10.4. The summed E-state index contributed by atoms with van der Waals surface area (Å²) >= 11 is 6.36. The van der Waals surface area contributed by atoms with Gasteiger partial charge in [-0.05, 0) is 48.2 Å². The van der Waals surface area contributed by atoms with Gasteiger partial charge in [0.05, 0.1) is 12.9 Å². The maximum Gasteiger partial charge on any atom is 0.337 e. The van der Waals surface area contributed by atoms with Gasteiger partial charge in [0, 0.05) is 17.6 Å². The fourth-order valence-electron chi connectivity index (χ4n) is 6.05. The Kier molecular flexibility index (Phi) is 7.40. The van der Waals surface area contributed by atoms with E-state index in [4.69, 9.17) is 30.6 Å². The van der Waals surface area contributed by atoms with Crippen LogP contribution in [0.2, 0.25) is 5.28 Å². The summed E-state index contributed by atoms with van der Waals surface area (Å²) in [4.78, 5) is 43.0. The van der Waals surface area contributed by atoms with Crippen molar-refractivity contribution < 1.29 is 43.1 Å². The van der Waals surface area contributed by atoms with E-state index < -0.39 is 53.0 Å². The Morgan fingerprint density at radius 1 is 1.23 bits per heavy atom. The highest BCUT2D eigenvalue weighted by molar-refractivity contribution is 7.67. The first-order chi connectivity index (χ1) is 19.0. The smallest absolute Gasteiger partial charge is 0.337 e. The molecular weight excluding hydrogens is 591 g/mol. The van der Waals surface area contributed by atoms with Gasteiger partial charge in [0.2, 0.25) is 5.28 Å². The van der Waals surface area contributed by atoms with Crippen molar-refractivity contribution in [1.29, 1.82) is 0 Å². The number of aromatic nitrogens is 4. The Labute approximate surface area is 233 Å². The molecule has 17 heteroatoms. The normalized spacial score (nSPS) is 27.2. The number of rotatable bonds is 7. The van der Waals surface area contributed by atoms with Crippen molar-refractivity contribution >= 4 is 50.2 Å². The number of ether oxygens (including phenoxy) is 1. The van der Waals surface area contributed by atoms with Crippen LogP contribution in [0.1, 0.15) is 37.5 Å². The number of fused-ring (bicyclic) bond motifs is 3. The van der Waals surface area contributed by atoms with E-state index in [-0.39, 0.29) is 22.2 Å². The molecule has 6 rings (SSSR count). The highest BCUT2D eigenvalue weighted by Crippen LogP contribution is 2.54. The molecule has 216 valence electrons. The summed E-state index contributed by atoms with van der Waals surface area (Å²) in [5.41, 5.74) is 2.07. The van der Waals surface area contributed by atoms with Gasteiger partial charge in [-0.2, -0.15) is 9.97 Å². The summed E-state index contributed by atoms with van der Waals surface area (Å²) < 4.78 is 38.4. The lowest BCUT2D eigenvalue weighted by Crippen LogP contribution is -2.33. The zero-order chi connectivity index (χ0) is 28.4. The van der Waals surface area contributed by atoms with Crippen LogP contribution in [-0.4, -0.2) is 81.8 Å². The average molecular weight is 618 g/mol. The fourth-order valence-corrected chi connectivity index (χ4v) is 8.19. The highest BCUT2D eigenvalue weighted by atomic mass is 35.5. The summed E-state index contributed by atoms with van der Waals surface area (Å²) in [7, 11) is -7.04. The van der Waals surface area contributed by atoms with Gasteiger partial charge in [-0.15, -0.1) is 0 Å². The van der Waals surface area contributed by atoms with Gasteiger partial charge in [0.1, 0.15) is 30.0 Å². The van der Waals surface area contributed by atoms with E-state index in [1.807, 2.05) is 4.90 Å². The third kappa shape index (κ3) is 4.94. The van der Waals surface area contributed by atoms with Crippen molar-refractivity contribution in [3.8, 4) is 0 Å². The average Bonchev–Trinajstić information content (AvgIpc) is 3.65. The molecule has 1 spiro atoms. The number of hydrogen-bond acceptors (Lipinski definition) is 11. The molecule has 2 fully saturated rings. The molecule has 0 radical (unpaired) electrons. The number of imidazole rings is 1. The zero-order valence-corrected chi connectivity index (χ0v) is 23.5. The monoisotopic (exact) mass is 617 g/mol. The van der Waals surface area contributed by atoms with Crippen LogP contribution in [-0.2, 0) is 19.2 Å². The van der Waals surface area contributed by atoms with E-state index in [1.54, 1.807) is 12.1 Å². The maximum atomic E-state index is 14.3. The Bertz CT molecular complexity index is 1490. The van der Waals surface area contributed by atoms with Gasteiger partial charge in [-0.25, -0.2) is 9.37 Å². The van der Waals surface area contributed by atoms with Gasteiger partial charge < -0.3 is 39.1 Å². The molecule has 0 amide bonds. The third-order valence-corrected chi connectivity index (χ3v) is 11.0. The van der Waals surface area contributed by atoms with Gasteiger partial charge >= 0.3 is 7.60 Å². The van der Waals surface area contributed by atoms with Crippen LogP contribution in [0.4, 0.5) is 15.9 Å². The van der Waals surface area contributed by atoms with Gasteiger partial charge in [-0.1, -0.05) is 12.8 Å². The molecule has 4 heterocycles. The highest BCUT2D eigenvalue weighted by Gasteiger charge is 2.48. The first-order valence-electron chi connectivity index (χ1n) is 12.6. The minimum absolute atomic E-state index is 0.0982. The van der Waals surface area contributed by atoms with Crippen LogP contribution in [0.15, 0.2) is 24.5 Å². The number of aliphatic hydroxyl groups is 2. The van der Waals surface area contributed by atoms with E-state index >= 15 is 0 Å². The van der Waals surface area contributed by atoms with E-state index in [0.717, 1.165) is 36.9 Å². The van der Waals surface area contributed by atoms with Crippen LogP contribution >= 0.6 is 27.6 Å². The van der Waals surface area contributed by atoms with E-state index in [2.05, 4.69) is 15.0 Å². The van der Waals surface area contributed by atoms with Crippen molar-refractivity contribution in [2.75, 3.05) is 24.0 Å². The summed E-state index contributed by atoms with van der Waals surface area (Å²) in [6.45, 7) is -0.0324. The van der Waals surface area contributed by atoms with Crippen LogP contribution < -0.4 is 4.90 Å². The predicted octanol–water partition coefficient (Wildman–Crippen LogP) is 2.66. The van der Waals surface area contributed by atoms with Crippen molar-refractivity contribution in [2.45, 2.75) is 55.6 Å². The topological polar surface area (TPSA) is 184 Å². The molecule has 1 saturated heterocycles. The third-order valence-electron chi connectivity index (χ3n) is 7.83. The van der Waals surface area contributed by atoms with Gasteiger partial charge in [0.15, 0.2) is 31.6 Å². The second kappa shape index (κ2) is 10.5. The Balaban J connectivity index is 1.32. The molecule has 1 aromatic carbocycles. The lowest BCUT2D eigenvalue weighted by molar-refractivity contribution is -0.0483. The SMILES string of the molecule is O=P(O)(CP(O)O)OCC1OC(n2cnc3c(N4CC5(CCCC5)c5cc(F)ccc54)nc(Cl)nc32)C(O)C1O. The molecule has 5 unspecified atom stereocenters. The van der Waals surface area contributed by atoms with E-state index in [0.29, 0.717) is 17.9 Å². The Morgan fingerprint density at radius 3 is 2.70 bits per heavy atom. The molecule has 1 saturated carbocycles. The minimum atomic E-state index is -4.36. The molecular formula is C23H27ClFN5O8P2. The standard InChI is InChI=1S/C23H27ClFN5O8P2/c24-22-27-19(29-9-23(5-1-2-6-23)13-7-12(25)3-4-14(13)29)16-20(28-22)30(10-26-16)21-18(32)17(31)15(38-21)8-37-40(35,36)11-39(33)34/h3-4,7,10,15,17-18,21,31-34H,1-2,5-6,8-9,11H2,(H,35,36). The van der Waals surface area contributed by atoms with E-state index in [9.17, 15) is 24.1 Å². The van der Waals surface area contributed by atoms with Crippen LogP contribution in [0.25, 0.3) is 11.2 Å². The molecule has 40 heavy (non-hydrogen) atoms.